The van der Waals surface area contributed by atoms with Gasteiger partial charge >= 0.3 is 0 Å². The third-order valence-corrected chi connectivity index (χ3v) is 2.87. The number of nitrogens with one attached hydrogen (secondary N) is 2. The van der Waals surface area contributed by atoms with Crippen molar-refractivity contribution < 1.29 is 4.79 Å². The molecule has 2 N–H and O–H groups in total. The van der Waals surface area contributed by atoms with Crippen LogP contribution in [0.3, 0.4) is 0 Å². The van der Waals surface area contributed by atoms with E-state index < -0.39 is 0 Å². The highest BCUT2D eigenvalue weighted by atomic mass is 16.1. The minimum atomic E-state index is 0.181. The third-order valence-electron chi connectivity index (χ3n) is 2.87. The van der Waals surface area contributed by atoms with Gasteiger partial charge in [-0.1, -0.05) is 18.6 Å². The summed E-state index contributed by atoms with van der Waals surface area (Å²) in [5.41, 5.74) is 0. The number of likely N-dealkylation sites (N-methyl/N-ethyl adjacent to an activating group) is 1. The molecule has 0 heterocycles. The number of hydrogen-bond donors (Lipinski definition) is 2. The van der Waals surface area contributed by atoms with E-state index in [0.29, 0.717) is 6.42 Å². The fourth-order valence-corrected chi connectivity index (χ4v) is 1.70. The Bertz CT molecular complexity index is 240. The van der Waals surface area contributed by atoms with Crippen LogP contribution < -0.4 is 10.6 Å². The summed E-state index contributed by atoms with van der Waals surface area (Å²) in [6, 6.07) is 0. The number of rotatable bonds is 12. The number of hydrogen-bond acceptors (Lipinski definition) is 3. The SMILES string of the molecule is C/C=C/CCCCCC(=O)NCCNCCN(C)C. The van der Waals surface area contributed by atoms with Crippen LogP contribution >= 0.6 is 0 Å². The van der Waals surface area contributed by atoms with Crippen molar-refractivity contribution in [1.29, 1.82) is 0 Å². The van der Waals surface area contributed by atoms with Gasteiger partial charge in [-0.05, 0) is 40.3 Å². The number of carbonyl (C=O) groups excluding carboxylic acids is 1. The Kier molecular flexibility index (Phi) is 12.9. The molecule has 0 bridgehead atoms. The highest BCUT2D eigenvalue weighted by molar-refractivity contribution is 5.75. The molecule has 0 aliphatic carbocycles. The second kappa shape index (κ2) is 13.6. The summed E-state index contributed by atoms with van der Waals surface area (Å²) >= 11 is 0. The maximum absolute atomic E-state index is 11.5. The fourth-order valence-electron chi connectivity index (χ4n) is 1.70. The van der Waals surface area contributed by atoms with Gasteiger partial charge < -0.3 is 15.5 Å². The summed E-state index contributed by atoms with van der Waals surface area (Å²) in [6.45, 7) is 5.61. The fraction of sp³-hybridized carbons (Fsp3) is 0.800. The average Bonchev–Trinajstić information content (AvgIpc) is 2.37. The van der Waals surface area contributed by atoms with Gasteiger partial charge in [0, 0.05) is 32.6 Å². The lowest BCUT2D eigenvalue weighted by molar-refractivity contribution is -0.121. The van der Waals surface area contributed by atoms with Crippen molar-refractivity contribution in [3.63, 3.8) is 0 Å². The van der Waals surface area contributed by atoms with E-state index in [-0.39, 0.29) is 5.91 Å². The summed E-state index contributed by atoms with van der Waals surface area (Å²) in [6.07, 6.45) is 9.37. The molecule has 0 aromatic rings. The number of unbranched alkanes of at least 4 members (excludes halogenated alkanes) is 3. The molecule has 112 valence electrons. The zero-order valence-corrected chi connectivity index (χ0v) is 12.9. The lowest BCUT2D eigenvalue weighted by Gasteiger charge is -2.10. The van der Waals surface area contributed by atoms with Gasteiger partial charge in [-0.15, -0.1) is 0 Å². The summed E-state index contributed by atoms with van der Waals surface area (Å²) < 4.78 is 0. The van der Waals surface area contributed by atoms with Gasteiger partial charge in [-0.25, -0.2) is 0 Å². The first-order chi connectivity index (χ1) is 9.16. The van der Waals surface area contributed by atoms with E-state index in [1.165, 1.54) is 6.42 Å². The second-order valence-corrected chi connectivity index (χ2v) is 5.07. The Hall–Kier alpha value is -0.870. The van der Waals surface area contributed by atoms with E-state index in [4.69, 9.17) is 0 Å². The van der Waals surface area contributed by atoms with Crippen LogP contribution in [0.25, 0.3) is 0 Å². The van der Waals surface area contributed by atoms with Crippen LogP contribution in [-0.2, 0) is 4.79 Å². The van der Waals surface area contributed by atoms with Crippen LogP contribution in [0.15, 0.2) is 12.2 Å². The Labute approximate surface area is 118 Å². The molecule has 1 amide bonds. The molecule has 0 rings (SSSR count). The third kappa shape index (κ3) is 15.1. The van der Waals surface area contributed by atoms with E-state index in [9.17, 15) is 4.79 Å². The van der Waals surface area contributed by atoms with Gasteiger partial charge in [-0.2, -0.15) is 0 Å². The van der Waals surface area contributed by atoms with Crippen molar-refractivity contribution in [2.24, 2.45) is 0 Å². The highest BCUT2D eigenvalue weighted by Gasteiger charge is 1.99. The summed E-state index contributed by atoms with van der Waals surface area (Å²) in [5.74, 6) is 0.181. The van der Waals surface area contributed by atoms with Crippen molar-refractivity contribution in [2.45, 2.75) is 39.0 Å². The average molecular weight is 269 g/mol. The standard InChI is InChI=1S/C15H31N3O/c1-4-5-6-7-8-9-10-15(19)17-12-11-16-13-14-18(2)3/h4-5,16H,6-14H2,1-3H3,(H,17,19)/b5-4+. The van der Waals surface area contributed by atoms with E-state index in [0.717, 1.165) is 45.4 Å². The molecule has 0 aromatic carbocycles. The molecule has 19 heavy (non-hydrogen) atoms. The molecule has 0 saturated carbocycles. The van der Waals surface area contributed by atoms with E-state index in [1.54, 1.807) is 0 Å². The molecule has 0 unspecified atom stereocenters. The zero-order chi connectivity index (χ0) is 14.3. The summed E-state index contributed by atoms with van der Waals surface area (Å²) in [7, 11) is 4.11. The van der Waals surface area contributed by atoms with E-state index >= 15 is 0 Å². The van der Waals surface area contributed by atoms with Crippen LogP contribution in [0, 0.1) is 0 Å². The van der Waals surface area contributed by atoms with Gasteiger partial charge in [0.2, 0.25) is 5.91 Å². The highest BCUT2D eigenvalue weighted by Crippen LogP contribution is 2.03. The first-order valence-corrected chi connectivity index (χ1v) is 7.40. The number of nitrogens with zero attached hydrogens (tertiary/aromatic N) is 1. The van der Waals surface area contributed by atoms with Gasteiger partial charge in [0.1, 0.15) is 0 Å². The maximum Gasteiger partial charge on any atom is 0.220 e. The first kappa shape index (κ1) is 18.1. The molecule has 4 nitrogen and oxygen atoms in total. The van der Waals surface area contributed by atoms with Gasteiger partial charge in [0.25, 0.3) is 0 Å². The van der Waals surface area contributed by atoms with Crippen LogP contribution in [0.2, 0.25) is 0 Å². The van der Waals surface area contributed by atoms with Crippen molar-refractivity contribution in [2.75, 3.05) is 40.3 Å². The predicted octanol–water partition coefficient (Wildman–Crippen LogP) is 1.78. The first-order valence-electron chi connectivity index (χ1n) is 7.40. The number of amides is 1. The Morgan fingerprint density at radius 2 is 1.89 bits per heavy atom. The van der Waals surface area contributed by atoms with E-state index in [2.05, 4.69) is 41.8 Å². The topological polar surface area (TPSA) is 44.4 Å². The number of carbonyl (C=O) groups is 1. The van der Waals surface area contributed by atoms with Crippen LogP contribution in [0.5, 0.6) is 0 Å². The van der Waals surface area contributed by atoms with Gasteiger partial charge in [-0.3, -0.25) is 4.79 Å². The molecular weight excluding hydrogens is 238 g/mol. The van der Waals surface area contributed by atoms with Crippen LogP contribution in [-0.4, -0.2) is 51.1 Å². The monoisotopic (exact) mass is 269 g/mol. The zero-order valence-electron chi connectivity index (χ0n) is 12.9. The molecule has 0 spiro atoms. The number of allylic oxidation sites excluding steroid dienone is 2. The molecule has 0 aromatic heterocycles. The molecule has 0 aliphatic rings. The Morgan fingerprint density at radius 1 is 1.11 bits per heavy atom. The van der Waals surface area contributed by atoms with Gasteiger partial charge in [0.05, 0.1) is 0 Å². The Morgan fingerprint density at radius 3 is 2.58 bits per heavy atom. The minimum Gasteiger partial charge on any atom is -0.355 e. The van der Waals surface area contributed by atoms with Crippen molar-refractivity contribution in [3.8, 4) is 0 Å². The molecule has 0 fully saturated rings. The molecule has 0 radical (unpaired) electrons. The molecule has 0 atom stereocenters. The van der Waals surface area contributed by atoms with Crippen LogP contribution in [0.4, 0.5) is 0 Å². The lowest BCUT2D eigenvalue weighted by atomic mass is 10.1. The minimum absolute atomic E-state index is 0.181. The van der Waals surface area contributed by atoms with Crippen LogP contribution in [0.1, 0.15) is 39.0 Å². The maximum atomic E-state index is 11.5. The molecule has 0 saturated heterocycles. The molecular formula is C15H31N3O. The van der Waals surface area contributed by atoms with Crippen molar-refractivity contribution >= 4 is 5.91 Å². The Balaban J connectivity index is 3.21. The summed E-state index contributed by atoms with van der Waals surface area (Å²) in [5, 5.41) is 6.24. The normalized spacial score (nSPS) is 11.4. The summed E-state index contributed by atoms with van der Waals surface area (Å²) in [4.78, 5) is 13.6. The largest absolute Gasteiger partial charge is 0.355 e. The van der Waals surface area contributed by atoms with E-state index in [1.807, 2.05) is 6.92 Å². The lowest BCUT2D eigenvalue weighted by Crippen LogP contribution is -2.34. The van der Waals surface area contributed by atoms with Crippen molar-refractivity contribution in [3.05, 3.63) is 12.2 Å². The molecule has 4 heteroatoms. The second-order valence-electron chi connectivity index (χ2n) is 5.07. The smallest absolute Gasteiger partial charge is 0.220 e. The van der Waals surface area contributed by atoms with Crippen molar-refractivity contribution in [1.82, 2.24) is 15.5 Å². The predicted molar refractivity (Wildman–Crippen MR) is 82.3 cm³/mol. The van der Waals surface area contributed by atoms with Gasteiger partial charge in [0.15, 0.2) is 0 Å². The quantitative estimate of drug-likeness (QED) is 0.419. The molecule has 0 aliphatic heterocycles.